The van der Waals surface area contributed by atoms with Gasteiger partial charge in [-0.1, -0.05) is 43.7 Å². The molecular weight excluding hydrogens is 466 g/mol. The molecule has 0 aromatic heterocycles. The van der Waals surface area contributed by atoms with E-state index in [1.165, 1.54) is 24.1 Å². The first-order valence-electron chi connectivity index (χ1n) is 11.8. The van der Waals surface area contributed by atoms with Gasteiger partial charge in [-0.15, -0.1) is 0 Å². The first kappa shape index (κ1) is 28.3. The number of amides is 2. The number of rotatable bonds is 12. The fraction of sp³-hybridized carbons (Fsp3) is 0.462. The van der Waals surface area contributed by atoms with Gasteiger partial charge in [0, 0.05) is 19.6 Å². The zero-order valence-electron chi connectivity index (χ0n) is 21.4. The Balaban J connectivity index is 2.35. The van der Waals surface area contributed by atoms with Crippen molar-refractivity contribution < 1.29 is 22.7 Å². The van der Waals surface area contributed by atoms with Gasteiger partial charge in [-0.25, -0.2) is 8.42 Å². The lowest BCUT2D eigenvalue weighted by Gasteiger charge is -2.32. The van der Waals surface area contributed by atoms with Gasteiger partial charge in [0.1, 0.15) is 11.8 Å². The molecular formula is C26H37N3O5S. The number of ether oxygens (including phenoxy) is 1. The Morgan fingerprint density at radius 1 is 1.06 bits per heavy atom. The summed E-state index contributed by atoms with van der Waals surface area (Å²) in [4.78, 5) is 28.2. The summed E-state index contributed by atoms with van der Waals surface area (Å²) in [6.45, 7) is 7.32. The molecule has 0 saturated heterocycles. The molecule has 35 heavy (non-hydrogen) atoms. The predicted octanol–water partition coefficient (Wildman–Crippen LogP) is 3.35. The summed E-state index contributed by atoms with van der Waals surface area (Å²) >= 11 is 0. The number of carbonyl (C=O) groups is 2. The van der Waals surface area contributed by atoms with Gasteiger partial charge in [0.25, 0.3) is 0 Å². The number of hydrogen-bond acceptors (Lipinski definition) is 5. The zero-order valence-corrected chi connectivity index (χ0v) is 22.3. The van der Waals surface area contributed by atoms with E-state index < -0.39 is 28.5 Å². The molecule has 0 heterocycles. The lowest BCUT2D eigenvalue weighted by atomic mass is 10.1. The number of nitrogens with zero attached hydrogens (tertiary/aromatic N) is 2. The van der Waals surface area contributed by atoms with Crippen LogP contribution in [-0.4, -0.2) is 62.2 Å². The average Bonchev–Trinajstić information content (AvgIpc) is 2.84. The summed E-state index contributed by atoms with van der Waals surface area (Å²) in [6.07, 6.45) is 1.13. The van der Waals surface area contributed by atoms with Crippen LogP contribution in [0.25, 0.3) is 0 Å². The Kier molecular flexibility index (Phi) is 10.3. The SMILES string of the molecule is CC[C@H](C(=O)N[C@@H](C)CC)N(Cc1cccc(OC)c1)C(=O)CN(C)S(=O)(=O)c1ccc(C)cc1. The number of carbonyl (C=O) groups excluding carboxylic acids is 2. The molecule has 0 unspecified atom stereocenters. The minimum atomic E-state index is -3.88. The van der Waals surface area contributed by atoms with Crippen molar-refractivity contribution >= 4 is 21.8 Å². The monoisotopic (exact) mass is 503 g/mol. The number of hydrogen-bond donors (Lipinski definition) is 1. The molecule has 0 aliphatic heterocycles. The van der Waals surface area contributed by atoms with E-state index in [-0.39, 0.29) is 23.4 Å². The summed E-state index contributed by atoms with van der Waals surface area (Å²) < 4.78 is 32.4. The third-order valence-electron chi connectivity index (χ3n) is 5.96. The van der Waals surface area contributed by atoms with E-state index in [0.717, 1.165) is 21.9 Å². The highest BCUT2D eigenvalue weighted by atomic mass is 32.2. The Morgan fingerprint density at radius 3 is 2.29 bits per heavy atom. The van der Waals surface area contributed by atoms with E-state index in [2.05, 4.69) is 5.32 Å². The van der Waals surface area contributed by atoms with Crippen LogP contribution < -0.4 is 10.1 Å². The molecule has 1 N–H and O–H groups in total. The van der Waals surface area contributed by atoms with Crippen LogP contribution in [0.2, 0.25) is 0 Å². The molecule has 192 valence electrons. The van der Waals surface area contributed by atoms with Crippen LogP contribution in [0.4, 0.5) is 0 Å². The molecule has 0 radical (unpaired) electrons. The van der Waals surface area contributed by atoms with Crippen molar-refractivity contribution in [2.24, 2.45) is 0 Å². The smallest absolute Gasteiger partial charge is 0.243 e. The minimum absolute atomic E-state index is 0.0464. The second-order valence-corrected chi connectivity index (χ2v) is 10.7. The molecule has 0 fully saturated rings. The fourth-order valence-electron chi connectivity index (χ4n) is 3.58. The molecule has 0 spiro atoms. The van der Waals surface area contributed by atoms with Gasteiger partial charge in [0.2, 0.25) is 21.8 Å². The molecule has 0 saturated carbocycles. The number of likely N-dealkylation sites (N-methyl/N-ethyl adjacent to an activating group) is 1. The van der Waals surface area contributed by atoms with Crippen LogP contribution in [0.5, 0.6) is 5.75 Å². The number of methoxy groups -OCH3 is 1. The molecule has 0 bridgehead atoms. The highest BCUT2D eigenvalue weighted by Crippen LogP contribution is 2.19. The molecule has 8 nitrogen and oxygen atoms in total. The van der Waals surface area contributed by atoms with Crippen LogP contribution in [-0.2, 0) is 26.2 Å². The van der Waals surface area contributed by atoms with Crippen LogP contribution in [0, 0.1) is 6.92 Å². The molecule has 2 amide bonds. The van der Waals surface area contributed by atoms with Crippen molar-refractivity contribution in [1.82, 2.24) is 14.5 Å². The molecule has 9 heteroatoms. The molecule has 0 aliphatic rings. The van der Waals surface area contributed by atoms with E-state index in [1.807, 2.05) is 39.8 Å². The van der Waals surface area contributed by atoms with Crippen molar-refractivity contribution in [1.29, 1.82) is 0 Å². The normalized spacial score (nSPS) is 13.2. The summed E-state index contributed by atoms with van der Waals surface area (Å²) in [5.41, 5.74) is 1.71. The maximum absolute atomic E-state index is 13.5. The molecule has 0 aliphatic carbocycles. The second-order valence-electron chi connectivity index (χ2n) is 8.69. The summed E-state index contributed by atoms with van der Waals surface area (Å²) in [5.74, 6) is -0.0922. The van der Waals surface area contributed by atoms with Gasteiger partial charge in [-0.3, -0.25) is 9.59 Å². The van der Waals surface area contributed by atoms with Gasteiger partial charge < -0.3 is 15.0 Å². The first-order valence-corrected chi connectivity index (χ1v) is 13.2. The maximum atomic E-state index is 13.5. The highest BCUT2D eigenvalue weighted by molar-refractivity contribution is 7.89. The first-order chi connectivity index (χ1) is 16.5. The molecule has 2 aromatic carbocycles. The lowest BCUT2D eigenvalue weighted by molar-refractivity contribution is -0.141. The van der Waals surface area contributed by atoms with Crippen LogP contribution >= 0.6 is 0 Å². The van der Waals surface area contributed by atoms with Crippen LogP contribution in [0.15, 0.2) is 53.4 Å². The van der Waals surface area contributed by atoms with E-state index in [0.29, 0.717) is 12.2 Å². The third-order valence-corrected chi connectivity index (χ3v) is 7.78. The lowest BCUT2D eigenvalue weighted by Crippen LogP contribution is -2.53. The van der Waals surface area contributed by atoms with Crippen molar-refractivity contribution in [2.45, 2.75) is 64.1 Å². The molecule has 2 rings (SSSR count). The van der Waals surface area contributed by atoms with Gasteiger partial charge in [0.15, 0.2) is 0 Å². The summed E-state index contributed by atoms with van der Waals surface area (Å²) in [6, 6.07) is 12.9. The summed E-state index contributed by atoms with van der Waals surface area (Å²) in [7, 11) is -0.949. The Bertz CT molecular complexity index is 1100. The number of nitrogens with one attached hydrogen (secondary N) is 1. The van der Waals surface area contributed by atoms with E-state index >= 15 is 0 Å². The van der Waals surface area contributed by atoms with Crippen molar-refractivity contribution in [2.75, 3.05) is 20.7 Å². The maximum Gasteiger partial charge on any atom is 0.243 e. The van der Waals surface area contributed by atoms with Gasteiger partial charge in [0.05, 0.1) is 18.6 Å². The van der Waals surface area contributed by atoms with Crippen molar-refractivity contribution in [3.05, 3.63) is 59.7 Å². The van der Waals surface area contributed by atoms with Crippen LogP contribution in [0.3, 0.4) is 0 Å². The topological polar surface area (TPSA) is 96.0 Å². The van der Waals surface area contributed by atoms with E-state index in [1.54, 1.807) is 31.4 Å². The number of sulfonamides is 1. The quantitative estimate of drug-likeness (QED) is 0.479. The average molecular weight is 504 g/mol. The van der Waals surface area contributed by atoms with Crippen molar-refractivity contribution in [3.8, 4) is 5.75 Å². The summed E-state index contributed by atoms with van der Waals surface area (Å²) in [5, 5.41) is 2.95. The van der Waals surface area contributed by atoms with Crippen molar-refractivity contribution in [3.63, 3.8) is 0 Å². The predicted molar refractivity (Wildman–Crippen MR) is 137 cm³/mol. The van der Waals surface area contributed by atoms with E-state index in [9.17, 15) is 18.0 Å². The van der Waals surface area contributed by atoms with Crippen LogP contribution in [0.1, 0.15) is 44.7 Å². The largest absolute Gasteiger partial charge is 0.497 e. The van der Waals surface area contributed by atoms with Gasteiger partial charge in [-0.2, -0.15) is 4.31 Å². The minimum Gasteiger partial charge on any atom is -0.497 e. The Hall–Kier alpha value is -2.91. The third kappa shape index (κ3) is 7.53. The highest BCUT2D eigenvalue weighted by Gasteiger charge is 2.32. The van der Waals surface area contributed by atoms with E-state index in [4.69, 9.17) is 4.74 Å². The zero-order chi connectivity index (χ0) is 26.2. The number of aryl methyl sites for hydroxylation is 1. The Morgan fingerprint density at radius 2 is 1.71 bits per heavy atom. The Labute approximate surface area is 209 Å². The standard InChI is InChI=1S/C26H37N3O5S/c1-7-20(4)27-26(31)24(8-2)29(17-21-10-9-11-22(16-21)34-6)25(30)18-28(5)35(32,33)23-14-12-19(3)13-15-23/h9-16,20,24H,7-8,17-18H2,1-6H3,(H,27,31)/t20-,24+/m0/s1. The fourth-order valence-corrected chi connectivity index (χ4v) is 4.70. The molecule has 2 aromatic rings. The second kappa shape index (κ2) is 12.7. The van der Waals surface area contributed by atoms with Gasteiger partial charge in [-0.05, 0) is 56.5 Å². The number of benzene rings is 2. The van der Waals surface area contributed by atoms with Gasteiger partial charge >= 0.3 is 0 Å². The molecule has 2 atom stereocenters.